The molecule has 90 valence electrons. The van der Waals surface area contributed by atoms with E-state index in [4.69, 9.17) is 4.74 Å². The number of amides is 1. The molecule has 1 amide bonds. The van der Waals surface area contributed by atoms with Gasteiger partial charge in [-0.05, 0) is 40.0 Å². The van der Waals surface area contributed by atoms with E-state index < -0.39 is 17.8 Å². The largest absolute Gasteiger partial charge is 0.444 e. The average molecular weight is 218 g/mol. The molecule has 0 aliphatic heterocycles. The molecule has 5 N–H and O–H groups in total. The molecule has 0 saturated heterocycles. The molecule has 0 heterocycles. The van der Waals surface area contributed by atoms with Crippen LogP contribution in [0.5, 0.6) is 0 Å². The Balaban J connectivity index is 0.00000196. The lowest BCUT2D eigenvalue weighted by Crippen LogP contribution is -2.42. The van der Waals surface area contributed by atoms with E-state index in [0.717, 1.165) is 19.3 Å². The summed E-state index contributed by atoms with van der Waals surface area (Å²) in [5.74, 6) is 0. The summed E-state index contributed by atoms with van der Waals surface area (Å²) in [6.45, 7) is 5.45. The number of nitrogens with one attached hydrogen (secondary N) is 1. The molecule has 2 unspecified atom stereocenters. The van der Waals surface area contributed by atoms with Crippen molar-refractivity contribution in [1.29, 1.82) is 0 Å². The number of rotatable bonds is 1. The predicted octanol–water partition coefficient (Wildman–Crippen LogP) is 1.59. The maximum atomic E-state index is 11.3. The molecule has 5 nitrogen and oxygen atoms in total. The van der Waals surface area contributed by atoms with Crippen LogP contribution in [0.4, 0.5) is 4.79 Å². The maximum absolute atomic E-state index is 11.3. The molecule has 1 saturated carbocycles. The highest BCUT2D eigenvalue weighted by Crippen LogP contribution is 2.19. The van der Waals surface area contributed by atoms with E-state index in [1.807, 2.05) is 20.8 Å². The van der Waals surface area contributed by atoms with Gasteiger partial charge in [-0.15, -0.1) is 0 Å². The van der Waals surface area contributed by atoms with Crippen molar-refractivity contribution >= 4 is 6.09 Å². The summed E-state index contributed by atoms with van der Waals surface area (Å²) < 4.78 is 5.09. The third-order valence-electron chi connectivity index (χ3n) is 2.18. The highest BCUT2D eigenvalue weighted by Gasteiger charge is 2.28. The minimum atomic E-state index is -0.479. The summed E-state index contributed by atoms with van der Waals surface area (Å²) in [7, 11) is 0. The first kappa shape index (κ1) is 14.2. The molecule has 2 atom stereocenters. The lowest BCUT2D eigenvalue weighted by Gasteiger charge is -2.22. The van der Waals surface area contributed by atoms with Crippen molar-refractivity contribution in [2.24, 2.45) is 0 Å². The minimum Gasteiger partial charge on any atom is -0.444 e. The molecular weight excluding hydrogens is 196 g/mol. The Kier molecular flexibility index (Phi) is 5.03. The van der Waals surface area contributed by atoms with Crippen molar-refractivity contribution in [2.75, 3.05) is 0 Å². The number of carbonyl (C=O) groups is 1. The van der Waals surface area contributed by atoms with E-state index in [-0.39, 0.29) is 12.2 Å². The van der Waals surface area contributed by atoms with Crippen LogP contribution in [-0.2, 0) is 4.74 Å². The fourth-order valence-corrected chi connectivity index (χ4v) is 1.57. The Morgan fingerprint density at radius 2 is 2.00 bits per heavy atom. The highest BCUT2D eigenvalue weighted by atomic mass is 16.6. The Morgan fingerprint density at radius 1 is 1.40 bits per heavy atom. The van der Waals surface area contributed by atoms with Crippen molar-refractivity contribution in [3.8, 4) is 0 Å². The molecule has 0 aromatic rings. The molecule has 1 aliphatic rings. The predicted molar refractivity (Wildman–Crippen MR) is 58.0 cm³/mol. The normalized spacial score (nSPS) is 25.6. The van der Waals surface area contributed by atoms with Crippen LogP contribution in [0.1, 0.15) is 40.0 Å². The van der Waals surface area contributed by atoms with E-state index in [1.54, 1.807) is 0 Å². The fraction of sp³-hybridized carbons (Fsp3) is 0.900. The monoisotopic (exact) mass is 218 g/mol. The molecule has 5 heteroatoms. The maximum Gasteiger partial charge on any atom is 0.407 e. The minimum absolute atomic E-state index is 0. The van der Waals surface area contributed by atoms with Gasteiger partial charge in [0.25, 0.3) is 0 Å². The van der Waals surface area contributed by atoms with Crippen LogP contribution in [0.15, 0.2) is 0 Å². The highest BCUT2D eigenvalue weighted by molar-refractivity contribution is 5.68. The number of hydrogen-bond acceptors (Lipinski definition) is 4. The Bertz CT molecular complexity index is 213. The van der Waals surface area contributed by atoms with Crippen LogP contribution in [0, 0.1) is 0 Å². The summed E-state index contributed by atoms with van der Waals surface area (Å²) in [6, 6.07) is -0.134. The lowest BCUT2D eigenvalue weighted by atomic mass is 10.2. The van der Waals surface area contributed by atoms with E-state index in [0.29, 0.717) is 0 Å². The summed E-state index contributed by atoms with van der Waals surface area (Å²) in [6.07, 6.45) is 1.70. The third-order valence-corrected chi connectivity index (χ3v) is 2.18. The number of hydrogen-bond donors (Lipinski definition) is 3. The SMILES string of the molecule is CC(C)(C)OC(=O)NC1CCCC1O.N. The topological polar surface area (TPSA) is 93.6 Å². The van der Waals surface area contributed by atoms with Gasteiger partial charge in [0.2, 0.25) is 0 Å². The molecule has 1 fully saturated rings. The Hall–Kier alpha value is -0.810. The summed E-state index contributed by atoms with van der Waals surface area (Å²) >= 11 is 0. The molecule has 0 spiro atoms. The molecule has 1 rings (SSSR count). The van der Waals surface area contributed by atoms with Gasteiger partial charge < -0.3 is 21.3 Å². The second-order valence-corrected chi connectivity index (χ2v) is 4.75. The summed E-state index contributed by atoms with van der Waals surface area (Å²) in [5, 5.41) is 12.1. The molecule has 0 bridgehead atoms. The number of aliphatic hydroxyl groups is 1. The van der Waals surface area contributed by atoms with Gasteiger partial charge in [-0.2, -0.15) is 0 Å². The van der Waals surface area contributed by atoms with E-state index in [1.165, 1.54) is 0 Å². The van der Waals surface area contributed by atoms with Gasteiger partial charge >= 0.3 is 6.09 Å². The van der Waals surface area contributed by atoms with E-state index >= 15 is 0 Å². The van der Waals surface area contributed by atoms with Gasteiger partial charge in [-0.25, -0.2) is 4.79 Å². The number of ether oxygens (including phenoxy) is 1. The molecule has 0 aromatic carbocycles. The average Bonchev–Trinajstić information content (AvgIpc) is 2.32. The number of alkyl carbamates (subject to hydrolysis) is 1. The Labute approximate surface area is 90.8 Å². The first-order valence-corrected chi connectivity index (χ1v) is 5.06. The van der Waals surface area contributed by atoms with Crippen LogP contribution < -0.4 is 11.5 Å². The second kappa shape index (κ2) is 5.32. The second-order valence-electron chi connectivity index (χ2n) is 4.75. The first-order valence-electron chi connectivity index (χ1n) is 5.06. The van der Waals surface area contributed by atoms with Crippen molar-refractivity contribution < 1.29 is 14.6 Å². The van der Waals surface area contributed by atoms with Crippen LogP contribution >= 0.6 is 0 Å². The van der Waals surface area contributed by atoms with Crippen molar-refractivity contribution in [3.63, 3.8) is 0 Å². The van der Waals surface area contributed by atoms with E-state index in [2.05, 4.69) is 5.32 Å². The summed E-state index contributed by atoms with van der Waals surface area (Å²) in [4.78, 5) is 11.3. The molecular formula is C10H22N2O3. The van der Waals surface area contributed by atoms with Gasteiger partial charge in [0, 0.05) is 0 Å². The molecule has 0 radical (unpaired) electrons. The zero-order valence-corrected chi connectivity index (χ0v) is 9.75. The van der Waals surface area contributed by atoms with Gasteiger partial charge in [0.05, 0.1) is 12.1 Å². The van der Waals surface area contributed by atoms with Crippen LogP contribution in [0.25, 0.3) is 0 Å². The van der Waals surface area contributed by atoms with Crippen LogP contribution in [0.3, 0.4) is 0 Å². The zero-order valence-electron chi connectivity index (χ0n) is 9.75. The van der Waals surface area contributed by atoms with Crippen molar-refractivity contribution in [1.82, 2.24) is 11.5 Å². The van der Waals surface area contributed by atoms with Gasteiger partial charge in [0.15, 0.2) is 0 Å². The standard InChI is InChI=1S/C10H19NO3.H3N/c1-10(2,3)14-9(13)11-7-5-4-6-8(7)12;/h7-8,12H,4-6H2,1-3H3,(H,11,13);1H3. The van der Waals surface area contributed by atoms with Crippen molar-refractivity contribution in [2.45, 2.75) is 57.8 Å². The third kappa shape index (κ3) is 4.99. The van der Waals surface area contributed by atoms with Crippen LogP contribution in [0.2, 0.25) is 0 Å². The van der Waals surface area contributed by atoms with Crippen LogP contribution in [-0.4, -0.2) is 28.9 Å². The molecule has 15 heavy (non-hydrogen) atoms. The summed E-state index contributed by atoms with van der Waals surface area (Å²) in [5.41, 5.74) is -0.479. The van der Waals surface area contributed by atoms with Gasteiger partial charge in [0.1, 0.15) is 5.60 Å². The zero-order chi connectivity index (χ0) is 10.8. The number of aliphatic hydroxyl groups excluding tert-OH is 1. The molecule has 0 aromatic heterocycles. The van der Waals surface area contributed by atoms with Crippen molar-refractivity contribution in [3.05, 3.63) is 0 Å². The van der Waals surface area contributed by atoms with Gasteiger partial charge in [-0.3, -0.25) is 0 Å². The van der Waals surface area contributed by atoms with Gasteiger partial charge in [-0.1, -0.05) is 0 Å². The lowest BCUT2D eigenvalue weighted by molar-refractivity contribution is 0.0450. The molecule has 1 aliphatic carbocycles. The fourth-order valence-electron chi connectivity index (χ4n) is 1.57. The van der Waals surface area contributed by atoms with E-state index in [9.17, 15) is 9.90 Å². The number of carbonyl (C=O) groups excluding carboxylic acids is 1. The smallest absolute Gasteiger partial charge is 0.407 e. The first-order chi connectivity index (χ1) is 6.38. The quantitative estimate of drug-likeness (QED) is 0.623. The Morgan fingerprint density at radius 3 is 2.40 bits per heavy atom.